The van der Waals surface area contributed by atoms with Crippen molar-refractivity contribution in [3.05, 3.63) is 40.4 Å². The molecule has 112 valence electrons. The minimum Gasteiger partial charge on any atom is -0.274 e. The highest BCUT2D eigenvalue weighted by atomic mass is 35.5. The summed E-state index contributed by atoms with van der Waals surface area (Å²) < 4.78 is 0. The van der Waals surface area contributed by atoms with Gasteiger partial charge in [0.15, 0.2) is 0 Å². The Labute approximate surface area is 137 Å². The SMILES string of the molecule is O=C1[C@@H]2[C@H](C(=O)N1c1cccc(Cl)c1Cl)[C@H]1C=C[C@H]2C12CC2. The van der Waals surface area contributed by atoms with Crippen LogP contribution in [0, 0.1) is 29.1 Å². The molecule has 2 saturated carbocycles. The minimum atomic E-state index is -0.208. The fourth-order valence-electron chi connectivity index (χ4n) is 4.98. The molecule has 1 saturated heterocycles. The van der Waals surface area contributed by atoms with Gasteiger partial charge in [-0.3, -0.25) is 9.59 Å². The van der Waals surface area contributed by atoms with E-state index in [9.17, 15) is 9.59 Å². The zero-order valence-corrected chi connectivity index (χ0v) is 13.1. The van der Waals surface area contributed by atoms with E-state index in [0.29, 0.717) is 10.7 Å². The fourth-order valence-corrected chi connectivity index (χ4v) is 5.36. The summed E-state index contributed by atoms with van der Waals surface area (Å²) in [5, 5.41) is 0.629. The van der Waals surface area contributed by atoms with Gasteiger partial charge in [0.2, 0.25) is 11.8 Å². The van der Waals surface area contributed by atoms with Crippen molar-refractivity contribution in [3.63, 3.8) is 0 Å². The van der Waals surface area contributed by atoms with E-state index in [4.69, 9.17) is 23.2 Å². The van der Waals surface area contributed by atoms with Crippen LogP contribution in [0.4, 0.5) is 5.69 Å². The second-order valence-corrected chi connectivity index (χ2v) is 7.59. The number of amides is 2. The van der Waals surface area contributed by atoms with Crippen molar-refractivity contribution in [2.24, 2.45) is 29.1 Å². The topological polar surface area (TPSA) is 37.4 Å². The minimum absolute atomic E-state index is 0.109. The molecule has 0 unspecified atom stereocenters. The second kappa shape index (κ2) is 3.95. The summed E-state index contributed by atoms with van der Waals surface area (Å²) in [7, 11) is 0. The number of hydrogen-bond acceptors (Lipinski definition) is 2. The van der Waals surface area contributed by atoms with Crippen LogP contribution in [0.25, 0.3) is 0 Å². The van der Waals surface area contributed by atoms with Crippen molar-refractivity contribution in [3.8, 4) is 0 Å². The molecular weight excluding hydrogens is 321 g/mol. The summed E-state index contributed by atoms with van der Waals surface area (Å²) in [6, 6.07) is 5.06. The molecule has 3 fully saturated rings. The maximum Gasteiger partial charge on any atom is 0.238 e. The highest BCUT2D eigenvalue weighted by molar-refractivity contribution is 6.45. The Hall–Kier alpha value is -1.32. The van der Waals surface area contributed by atoms with Crippen LogP contribution in [0.2, 0.25) is 10.0 Å². The molecule has 22 heavy (non-hydrogen) atoms. The van der Waals surface area contributed by atoms with Gasteiger partial charge in [0, 0.05) is 0 Å². The van der Waals surface area contributed by atoms with E-state index in [1.54, 1.807) is 18.2 Å². The number of imide groups is 1. The maximum atomic E-state index is 12.9. The Morgan fingerprint density at radius 2 is 1.59 bits per heavy atom. The monoisotopic (exact) mass is 333 g/mol. The van der Waals surface area contributed by atoms with Gasteiger partial charge >= 0.3 is 0 Å². The Kier molecular flexibility index (Phi) is 2.36. The largest absolute Gasteiger partial charge is 0.274 e. The van der Waals surface area contributed by atoms with Crippen molar-refractivity contribution in [1.82, 2.24) is 0 Å². The molecule has 0 aromatic heterocycles. The van der Waals surface area contributed by atoms with E-state index >= 15 is 0 Å². The van der Waals surface area contributed by atoms with Crippen LogP contribution in [0.5, 0.6) is 0 Å². The third kappa shape index (κ3) is 1.31. The molecule has 1 heterocycles. The molecule has 1 aliphatic heterocycles. The van der Waals surface area contributed by atoms with Gasteiger partial charge in [-0.15, -0.1) is 0 Å². The number of nitrogens with zero attached hydrogens (tertiary/aromatic N) is 1. The Morgan fingerprint density at radius 1 is 1.00 bits per heavy atom. The van der Waals surface area contributed by atoms with E-state index < -0.39 is 0 Å². The second-order valence-electron chi connectivity index (χ2n) is 6.81. The molecular formula is C17H13Cl2NO2. The molecule has 2 bridgehead atoms. The van der Waals surface area contributed by atoms with E-state index in [1.807, 2.05) is 0 Å². The number of hydrogen-bond donors (Lipinski definition) is 0. The maximum absolute atomic E-state index is 12.9. The number of rotatable bonds is 1. The molecule has 1 spiro atoms. The summed E-state index contributed by atoms with van der Waals surface area (Å²) >= 11 is 12.3. The summed E-state index contributed by atoms with van der Waals surface area (Å²) in [5.41, 5.74) is 0.632. The van der Waals surface area contributed by atoms with Crippen LogP contribution in [0.1, 0.15) is 12.8 Å². The lowest BCUT2D eigenvalue weighted by molar-refractivity contribution is -0.123. The zero-order chi connectivity index (χ0) is 15.2. The van der Waals surface area contributed by atoms with Crippen molar-refractivity contribution < 1.29 is 9.59 Å². The number of carbonyl (C=O) groups is 2. The summed E-state index contributed by atoms with van der Waals surface area (Å²) in [4.78, 5) is 27.1. The molecule has 5 rings (SSSR count). The molecule has 0 radical (unpaired) electrons. The molecule has 4 aliphatic rings. The van der Waals surface area contributed by atoms with Crippen LogP contribution < -0.4 is 4.90 Å². The third-order valence-corrected chi connectivity index (χ3v) is 6.83. The number of allylic oxidation sites excluding steroid dienone is 2. The van der Waals surface area contributed by atoms with Gasteiger partial charge in [0.05, 0.1) is 27.6 Å². The number of benzene rings is 1. The van der Waals surface area contributed by atoms with Crippen LogP contribution in [-0.4, -0.2) is 11.8 Å². The zero-order valence-electron chi connectivity index (χ0n) is 11.6. The fraction of sp³-hybridized carbons (Fsp3) is 0.412. The molecule has 3 nitrogen and oxygen atoms in total. The van der Waals surface area contributed by atoms with Crippen molar-refractivity contribution >= 4 is 40.7 Å². The van der Waals surface area contributed by atoms with Gasteiger partial charge < -0.3 is 0 Å². The number of halogens is 2. The van der Waals surface area contributed by atoms with Gasteiger partial charge in [-0.2, -0.15) is 0 Å². The third-order valence-electron chi connectivity index (χ3n) is 6.02. The summed E-state index contributed by atoms with van der Waals surface area (Å²) in [6.45, 7) is 0. The predicted molar refractivity (Wildman–Crippen MR) is 83.7 cm³/mol. The first kappa shape index (κ1) is 13.1. The molecule has 2 amide bonds. The first-order valence-electron chi connectivity index (χ1n) is 7.56. The van der Waals surface area contributed by atoms with Crippen LogP contribution in [-0.2, 0) is 9.59 Å². The molecule has 0 N–H and O–H groups in total. The highest BCUT2D eigenvalue weighted by Crippen LogP contribution is 2.73. The van der Waals surface area contributed by atoms with E-state index in [-0.39, 0.29) is 45.9 Å². The lowest BCUT2D eigenvalue weighted by Crippen LogP contribution is -2.35. The van der Waals surface area contributed by atoms with Gasteiger partial charge in [-0.05, 0) is 42.2 Å². The van der Waals surface area contributed by atoms with E-state index in [0.717, 1.165) is 12.8 Å². The van der Waals surface area contributed by atoms with Crippen molar-refractivity contribution in [2.75, 3.05) is 4.90 Å². The average Bonchev–Trinajstić information content (AvgIpc) is 3.09. The van der Waals surface area contributed by atoms with E-state index in [1.165, 1.54) is 4.90 Å². The van der Waals surface area contributed by atoms with Crippen molar-refractivity contribution in [2.45, 2.75) is 12.8 Å². The standard InChI is InChI=1S/C17H13Cl2NO2/c18-10-2-1-3-11(14(10)19)20-15(21)12-8-4-5-9(13(12)16(20)22)17(8)6-7-17/h1-5,8-9,12-13H,6-7H2/t8-,9-,12-,13+/m1/s1. The number of fused-ring (bicyclic) bond motifs is 3. The summed E-state index contributed by atoms with van der Waals surface area (Å²) in [6.07, 6.45) is 6.60. The van der Waals surface area contributed by atoms with Crippen molar-refractivity contribution in [1.29, 1.82) is 0 Å². The Bertz CT molecular complexity index is 734. The van der Waals surface area contributed by atoms with Crippen LogP contribution in [0.15, 0.2) is 30.4 Å². The smallest absolute Gasteiger partial charge is 0.238 e. The van der Waals surface area contributed by atoms with Gasteiger partial charge in [0.25, 0.3) is 0 Å². The normalized spacial score (nSPS) is 36.5. The van der Waals surface area contributed by atoms with Gasteiger partial charge in [-0.1, -0.05) is 41.4 Å². The van der Waals surface area contributed by atoms with Gasteiger partial charge in [0.1, 0.15) is 0 Å². The Balaban J connectivity index is 1.61. The first-order valence-corrected chi connectivity index (χ1v) is 8.32. The molecule has 5 heteroatoms. The molecule has 1 aromatic rings. The Morgan fingerprint density at radius 3 is 2.14 bits per heavy atom. The lowest BCUT2D eigenvalue weighted by Gasteiger charge is -2.22. The number of anilines is 1. The lowest BCUT2D eigenvalue weighted by atomic mass is 9.85. The number of carbonyl (C=O) groups excluding carboxylic acids is 2. The summed E-state index contributed by atoms with van der Waals surface area (Å²) in [5.74, 6) is -0.187. The van der Waals surface area contributed by atoms with Gasteiger partial charge in [-0.25, -0.2) is 4.90 Å². The molecule has 4 atom stereocenters. The highest BCUT2D eigenvalue weighted by Gasteiger charge is 2.73. The predicted octanol–water partition coefficient (Wildman–Crippen LogP) is 3.70. The quantitative estimate of drug-likeness (QED) is 0.580. The van der Waals surface area contributed by atoms with Crippen LogP contribution >= 0.6 is 23.2 Å². The molecule has 3 aliphatic carbocycles. The van der Waals surface area contributed by atoms with E-state index in [2.05, 4.69) is 12.2 Å². The molecule has 1 aromatic carbocycles. The first-order chi connectivity index (χ1) is 10.6. The average molecular weight is 334 g/mol. The van der Waals surface area contributed by atoms with Crippen LogP contribution in [0.3, 0.4) is 0 Å².